The van der Waals surface area contributed by atoms with E-state index < -0.39 is 11.0 Å². The predicted molar refractivity (Wildman–Crippen MR) is 96.3 cm³/mol. The van der Waals surface area contributed by atoms with E-state index in [0.717, 1.165) is 30.4 Å². The normalized spacial score (nSPS) is 23.7. The molecule has 0 saturated carbocycles. The molecular formula is C20H26N2O3. The summed E-state index contributed by atoms with van der Waals surface area (Å²) in [5.41, 5.74) is 2.03. The number of ether oxygens (including phenoxy) is 1. The van der Waals surface area contributed by atoms with Gasteiger partial charge in [0.2, 0.25) is 0 Å². The molecule has 2 aliphatic rings. The molecule has 0 aromatic heterocycles. The topological polar surface area (TPSA) is 67.8 Å². The van der Waals surface area contributed by atoms with E-state index in [9.17, 15) is 9.59 Å². The highest BCUT2D eigenvalue weighted by molar-refractivity contribution is 6.08. The first-order chi connectivity index (χ1) is 11.7. The van der Waals surface area contributed by atoms with Gasteiger partial charge in [-0.25, -0.2) is 0 Å². The molecule has 5 heteroatoms. The van der Waals surface area contributed by atoms with E-state index in [2.05, 4.69) is 35.4 Å². The lowest BCUT2D eigenvalue weighted by Crippen LogP contribution is -2.39. The zero-order valence-corrected chi connectivity index (χ0v) is 15.4. The molecule has 134 valence electrons. The largest absolute Gasteiger partial charge is 0.447 e. The fourth-order valence-corrected chi connectivity index (χ4v) is 3.24. The van der Waals surface area contributed by atoms with Crippen molar-refractivity contribution < 1.29 is 14.3 Å². The highest BCUT2D eigenvalue weighted by Crippen LogP contribution is 2.36. The Bertz CT molecular complexity index is 746. The number of aliphatic imine (C=N–C) groups is 1. The first-order valence-electron chi connectivity index (χ1n) is 8.98. The molecule has 3 rings (SSSR count). The van der Waals surface area contributed by atoms with Crippen LogP contribution in [0, 0.1) is 5.41 Å². The molecule has 1 heterocycles. The Kier molecular flexibility index (Phi) is 4.43. The van der Waals surface area contributed by atoms with E-state index in [1.807, 2.05) is 0 Å². The van der Waals surface area contributed by atoms with Crippen LogP contribution in [0.3, 0.4) is 0 Å². The van der Waals surface area contributed by atoms with Crippen LogP contribution in [0.2, 0.25) is 0 Å². The van der Waals surface area contributed by atoms with Crippen molar-refractivity contribution in [2.24, 2.45) is 10.4 Å². The van der Waals surface area contributed by atoms with E-state index in [-0.39, 0.29) is 17.8 Å². The summed E-state index contributed by atoms with van der Waals surface area (Å²) in [5, 5.41) is 2.64. The Labute approximate surface area is 148 Å². The van der Waals surface area contributed by atoms with Crippen molar-refractivity contribution in [3.63, 3.8) is 0 Å². The Hall–Kier alpha value is -2.17. The first kappa shape index (κ1) is 17.6. The third-order valence-corrected chi connectivity index (χ3v) is 4.81. The number of benzene rings is 1. The molecule has 1 aliphatic carbocycles. The van der Waals surface area contributed by atoms with E-state index in [4.69, 9.17) is 4.74 Å². The maximum Gasteiger partial charge on any atom is 0.300 e. The van der Waals surface area contributed by atoms with Crippen LogP contribution in [0.1, 0.15) is 57.2 Å². The maximum absolute atomic E-state index is 12.5. The summed E-state index contributed by atoms with van der Waals surface area (Å²) < 4.78 is 5.86. The second-order valence-electron chi connectivity index (χ2n) is 8.08. The van der Waals surface area contributed by atoms with Crippen molar-refractivity contribution >= 4 is 17.8 Å². The molecule has 1 spiro atoms. The van der Waals surface area contributed by atoms with Crippen LogP contribution >= 0.6 is 0 Å². The Morgan fingerprint density at radius 2 is 2.00 bits per heavy atom. The van der Waals surface area contributed by atoms with Crippen molar-refractivity contribution in [2.75, 3.05) is 0 Å². The van der Waals surface area contributed by atoms with Crippen molar-refractivity contribution in [3.8, 4) is 0 Å². The molecule has 1 fully saturated rings. The van der Waals surface area contributed by atoms with Crippen LogP contribution in [0.15, 0.2) is 23.2 Å². The van der Waals surface area contributed by atoms with Crippen molar-refractivity contribution in [3.05, 3.63) is 34.9 Å². The lowest BCUT2D eigenvalue weighted by Gasteiger charge is -2.18. The standard InChI is InChI=1S/C20H26N2O3/c1-5-6-7-13-8-9-14-11-20(12-15(14)10-13)17(24)22-18(25-20)21-16(23)19(2,3)4/h8-10H,5-7,11-12H2,1-4H3,(H,21,22,23,24). The fraction of sp³-hybridized carbons (Fsp3) is 0.550. The molecule has 0 bridgehead atoms. The van der Waals surface area contributed by atoms with Crippen LogP contribution in [0.4, 0.5) is 0 Å². The van der Waals surface area contributed by atoms with E-state index in [0.29, 0.717) is 12.8 Å². The third kappa shape index (κ3) is 3.46. The van der Waals surface area contributed by atoms with Crippen LogP contribution in [-0.2, 0) is 33.6 Å². The Balaban J connectivity index is 1.78. The Morgan fingerprint density at radius 3 is 2.68 bits per heavy atom. The van der Waals surface area contributed by atoms with E-state index in [1.54, 1.807) is 20.8 Å². The smallest absolute Gasteiger partial charge is 0.300 e. The Morgan fingerprint density at radius 1 is 1.28 bits per heavy atom. The molecule has 25 heavy (non-hydrogen) atoms. The quantitative estimate of drug-likeness (QED) is 0.918. The average molecular weight is 342 g/mol. The van der Waals surface area contributed by atoms with Crippen molar-refractivity contribution in [1.29, 1.82) is 0 Å². The average Bonchev–Trinajstić information content (AvgIpc) is 3.03. The zero-order valence-electron chi connectivity index (χ0n) is 15.4. The third-order valence-electron chi connectivity index (χ3n) is 4.81. The number of carbonyl (C=O) groups excluding carboxylic acids is 2. The van der Waals surface area contributed by atoms with Crippen molar-refractivity contribution in [1.82, 2.24) is 5.32 Å². The van der Waals surface area contributed by atoms with Crippen LogP contribution in [0.25, 0.3) is 0 Å². The summed E-state index contributed by atoms with van der Waals surface area (Å²) in [4.78, 5) is 28.6. The van der Waals surface area contributed by atoms with Gasteiger partial charge in [0.25, 0.3) is 11.8 Å². The highest BCUT2D eigenvalue weighted by atomic mass is 16.5. The SMILES string of the molecule is CCCCc1ccc2c(c1)CC1(C2)OC(=NC(=O)C(C)(C)C)NC1=O. The maximum atomic E-state index is 12.5. The fourth-order valence-electron chi connectivity index (χ4n) is 3.24. The molecule has 1 N–H and O–H groups in total. The number of unbranched alkanes of at least 4 members (excludes halogenated alkanes) is 1. The van der Waals surface area contributed by atoms with Gasteiger partial charge in [0, 0.05) is 18.3 Å². The number of amidine groups is 1. The van der Waals surface area contributed by atoms with Crippen molar-refractivity contribution in [2.45, 2.75) is 65.4 Å². The van der Waals surface area contributed by atoms with Gasteiger partial charge in [-0.2, -0.15) is 4.99 Å². The molecule has 1 aromatic rings. The molecule has 1 aromatic carbocycles. The molecule has 5 nitrogen and oxygen atoms in total. The van der Waals surface area contributed by atoms with Gasteiger partial charge in [0.1, 0.15) is 0 Å². The van der Waals surface area contributed by atoms with Gasteiger partial charge in [-0.3, -0.25) is 14.9 Å². The van der Waals surface area contributed by atoms with Gasteiger partial charge >= 0.3 is 6.02 Å². The van der Waals surface area contributed by atoms with Crippen LogP contribution < -0.4 is 5.32 Å². The number of nitrogens with zero attached hydrogens (tertiary/aromatic N) is 1. The summed E-state index contributed by atoms with van der Waals surface area (Å²) in [7, 11) is 0. The van der Waals surface area contributed by atoms with Gasteiger partial charge in [-0.1, -0.05) is 52.3 Å². The molecule has 1 atom stereocenters. The van der Waals surface area contributed by atoms with Gasteiger partial charge < -0.3 is 4.74 Å². The molecule has 2 amide bonds. The second-order valence-corrected chi connectivity index (χ2v) is 8.08. The number of hydrogen-bond acceptors (Lipinski definition) is 3. The zero-order chi connectivity index (χ0) is 18.2. The number of aryl methyl sites for hydroxylation is 1. The number of rotatable bonds is 3. The number of nitrogens with one attached hydrogen (secondary N) is 1. The number of carbonyl (C=O) groups is 2. The molecular weight excluding hydrogens is 316 g/mol. The first-order valence-corrected chi connectivity index (χ1v) is 8.98. The van der Waals surface area contributed by atoms with Gasteiger partial charge in [-0.15, -0.1) is 0 Å². The summed E-state index contributed by atoms with van der Waals surface area (Å²) >= 11 is 0. The summed E-state index contributed by atoms with van der Waals surface area (Å²) in [6, 6.07) is 6.45. The number of fused-ring (bicyclic) bond motifs is 1. The minimum absolute atomic E-state index is 0.0314. The number of amides is 2. The highest BCUT2D eigenvalue weighted by Gasteiger charge is 2.52. The monoisotopic (exact) mass is 342 g/mol. The van der Waals surface area contributed by atoms with Crippen LogP contribution in [-0.4, -0.2) is 23.4 Å². The van der Waals surface area contributed by atoms with Gasteiger partial charge in [-0.05, 0) is 29.5 Å². The van der Waals surface area contributed by atoms with E-state index >= 15 is 0 Å². The number of hydrogen-bond donors (Lipinski definition) is 1. The summed E-state index contributed by atoms with van der Waals surface area (Å²) in [5.74, 6) is -0.517. The molecule has 1 unspecified atom stereocenters. The molecule has 1 aliphatic heterocycles. The van der Waals surface area contributed by atoms with Gasteiger partial charge in [0.15, 0.2) is 5.60 Å². The van der Waals surface area contributed by atoms with Crippen LogP contribution in [0.5, 0.6) is 0 Å². The molecule has 1 saturated heterocycles. The summed E-state index contributed by atoms with van der Waals surface area (Å²) in [6.07, 6.45) is 4.42. The second kappa shape index (κ2) is 6.28. The summed E-state index contributed by atoms with van der Waals surface area (Å²) in [6.45, 7) is 7.54. The minimum Gasteiger partial charge on any atom is -0.447 e. The van der Waals surface area contributed by atoms with Gasteiger partial charge in [0.05, 0.1) is 0 Å². The van der Waals surface area contributed by atoms with E-state index in [1.165, 1.54) is 5.56 Å². The molecule has 0 radical (unpaired) electrons. The lowest BCUT2D eigenvalue weighted by molar-refractivity contribution is -0.130. The predicted octanol–water partition coefficient (Wildman–Crippen LogP) is 2.94. The lowest BCUT2D eigenvalue weighted by atomic mass is 9.96. The minimum atomic E-state index is -0.956.